The van der Waals surface area contributed by atoms with Gasteiger partial charge in [0.2, 0.25) is 0 Å². The molecular weight excluding hydrogens is 256 g/mol. The van der Waals surface area contributed by atoms with Gasteiger partial charge in [0.25, 0.3) is 0 Å². The molecule has 0 aliphatic rings. The second kappa shape index (κ2) is 5.90. The number of furan rings is 1. The summed E-state index contributed by atoms with van der Waals surface area (Å²) in [6.45, 7) is 2.07. The van der Waals surface area contributed by atoms with Crippen LogP contribution in [0.15, 0.2) is 45.8 Å². The van der Waals surface area contributed by atoms with E-state index in [2.05, 4.69) is 10.3 Å². The lowest BCUT2D eigenvalue weighted by atomic mass is 10.1. The van der Waals surface area contributed by atoms with E-state index in [1.165, 1.54) is 6.39 Å². The molecule has 0 atom stereocenters. The largest absolute Gasteiger partial charge is 0.464 e. The summed E-state index contributed by atoms with van der Waals surface area (Å²) in [5, 5.41) is 4.29. The Kier molecular flexibility index (Phi) is 3.80. The van der Waals surface area contributed by atoms with Crippen LogP contribution < -0.4 is 5.32 Å². The Hall–Kier alpha value is -2.11. The van der Waals surface area contributed by atoms with Crippen molar-refractivity contribution in [2.75, 3.05) is 20.3 Å². The Morgan fingerprint density at radius 3 is 3.05 bits per heavy atom. The van der Waals surface area contributed by atoms with Crippen molar-refractivity contribution in [1.29, 1.82) is 0 Å². The standard InChI is InChI=1S/C15H16N2O3/c1-18-7-6-16-8-13-15(20-10-17-13)12-9-19-14-5-3-2-4-11(12)14/h2-5,9-10,16H,6-8H2,1H3. The summed E-state index contributed by atoms with van der Waals surface area (Å²) in [6, 6.07) is 7.88. The molecule has 20 heavy (non-hydrogen) atoms. The van der Waals surface area contributed by atoms with Crippen LogP contribution in [0.4, 0.5) is 0 Å². The monoisotopic (exact) mass is 272 g/mol. The highest BCUT2D eigenvalue weighted by atomic mass is 16.5. The van der Waals surface area contributed by atoms with E-state index in [0.29, 0.717) is 13.2 Å². The van der Waals surface area contributed by atoms with Crippen molar-refractivity contribution in [2.45, 2.75) is 6.54 Å². The van der Waals surface area contributed by atoms with Gasteiger partial charge in [-0.1, -0.05) is 18.2 Å². The van der Waals surface area contributed by atoms with Crippen molar-refractivity contribution in [2.24, 2.45) is 0 Å². The summed E-state index contributed by atoms with van der Waals surface area (Å²) >= 11 is 0. The fourth-order valence-electron chi connectivity index (χ4n) is 2.15. The number of hydrogen-bond donors (Lipinski definition) is 1. The van der Waals surface area contributed by atoms with Crippen LogP contribution in [0.5, 0.6) is 0 Å². The van der Waals surface area contributed by atoms with Crippen molar-refractivity contribution >= 4 is 11.0 Å². The zero-order chi connectivity index (χ0) is 13.8. The Labute approximate surface area is 116 Å². The Morgan fingerprint density at radius 2 is 2.15 bits per heavy atom. The highest BCUT2D eigenvalue weighted by molar-refractivity contribution is 5.92. The topological polar surface area (TPSA) is 60.4 Å². The van der Waals surface area contributed by atoms with Crippen molar-refractivity contribution < 1.29 is 13.6 Å². The van der Waals surface area contributed by atoms with Gasteiger partial charge in [-0.2, -0.15) is 0 Å². The number of nitrogens with zero attached hydrogens (tertiary/aromatic N) is 1. The normalized spacial score (nSPS) is 11.2. The van der Waals surface area contributed by atoms with E-state index in [1.54, 1.807) is 13.4 Å². The number of rotatable bonds is 6. The predicted octanol–water partition coefficient (Wildman–Crippen LogP) is 2.82. The molecule has 0 saturated heterocycles. The van der Waals surface area contributed by atoms with Gasteiger partial charge in [-0.05, 0) is 6.07 Å². The van der Waals surface area contributed by atoms with E-state index >= 15 is 0 Å². The molecule has 3 aromatic rings. The predicted molar refractivity (Wildman–Crippen MR) is 75.3 cm³/mol. The van der Waals surface area contributed by atoms with Gasteiger partial charge in [0.15, 0.2) is 12.2 Å². The number of nitrogens with one attached hydrogen (secondary N) is 1. The minimum atomic E-state index is 0.634. The van der Waals surface area contributed by atoms with E-state index in [-0.39, 0.29) is 0 Å². The minimum absolute atomic E-state index is 0.634. The van der Waals surface area contributed by atoms with Crippen molar-refractivity contribution in [3.8, 4) is 11.3 Å². The molecular formula is C15H16N2O3. The second-order valence-corrected chi connectivity index (χ2v) is 4.44. The molecule has 0 aliphatic carbocycles. The smallest absolute Gasteiger partial charge is 0.181 e. The van der Waals surface area contributed by atoms with E-state index in [4.69, 9.17) is 13.6 Å². The molecule has 5 heteroatoms. The zero-order valence-corrected chi connectivity index (χ0v) is 11.3. The van der Waals surface area contributed by atoms with Crippen molar-refractivity contribution in [3.05, 3.63) is 42.6 Å². The summed E-state index contributed by atoms with van der Waals surface area (Å²) in [5.41, 5.74) is 2.64. The number of ether oxygens (including phenoxy) is 1. The zero-order valence-electron chi connectivity index (χ0n) is 11.3. The first kappa shape index (κ1) is 12.9. The van der Waals surface area contributed by atoms with Crippen LogP contribution in [0, 0.1) is 0 Å². The molecule has 0 radical (unpaired) electrons. The van der Waals surface area contributed by atoms with Gasteiger partial charge in [-0.25, -0.2) is 4.98 Å². The number of oxazole rings is 1. The number of para-hydroxylation sites is 1. The maximum absolute atomic E-state index is 5.54. The minimum Gasteiger partial charge on any atom is -0.464 e. The fraction of sp³-hybridized carbons (Fsp3) is 0.267. The lowest BCUT2D eigenvalue weighted by Crippen LogP contribution is -2.19. The Bertz CT molecular complexity index is 687. The van der Waals surface area contributed by atoms with Gasteiger partial charge in [-0.3, -0.25) is 0 Å². The molecule has 3 rings (SSSR count). The van der Waals surface area contributed by atoms with Crippen LogP contribution in [0.3, 0.4) is 0 Å². The molecule has 0 spiro atoms. The molecule has 0 unspecified atom stereocenters. The van der Waals surface area contributed by atoms with Gasteiger partial charge in [0.05, 0.1) is 12.2 Å². The average Bonchev–Trinajstić information content (AvgIpc) is 3.09. The first-order valence-electron chi connectivity index (χ1n) is 6.49. The first-order valence-corrected chi connectivity index (χ1v) is 6.49. The molecule has 104 valence electrons. The molecule has 5 nitrogen and oxygen atoms in total. The summed E-state index contributed by atoms with van der Waals surface area (Å²) in [5.74, 6) is 0.750. The molecule has 1 N–H and O–H groups in total. The number of fused-ring (bicyclic) bond motifs is 1. The summed E-state index contributed by atoms with van der Waals surface area (Å²) in [7, 11) is 1.68. The summed E-state index contributed by atoms with van der Waals surface area (Å²) < 4.78 is 16.1. The third-order valence-electron chi connectivity index (χ3n) is 3.14. The molecule has 0 fully saturated rings. The maximum Gasteiger partial charge on any atom is 0.181 e. The highest BCUT2D eigenvalue weighted by Gasteiger charge is 2.15. The van der Waals surface area contributed by atoms with Crippen LogP contribution >= 0.6 is 0 Å². The van der Waals surface area contributed by atoms with Crippen LogP contribution in [0.25, 0.3) is 22.3 Å². The van der Waals surface area contributed by atoms with Gasteiger partial charge >= 0.3 is 0 Å². The Morgan fingerprint density at radius 1 is 1.25 bits per heavy atom. The van der Waals surface area contributed by atoms with E-state index in [1.807, 2.05) is 24.3 Å². The number of aromatic nitrogens is 1. The number of benzene rings is 1. The summed E-state index contributed by atoms with van der Waals surface area (Å²) in [6.07, 6.45) is 3.17. The maximum atomic E-state index is 5.54. The molecule has 2 heterocycles. The molecule has 2 aromatic heterocycles. The van der Waals surface area contributed by atoms with Gasteiger partial charge in [0, 0.05) is 25.6 Å². The van der Waals surface area contributed by atoms with E-state index < -0.39 is 0 Å². The Balaban J connectivity index is 1.85. The van der Waals surface area contributed by atoms with Crippen LogP contribution in [0.1, 0.15) is 5.69 Å². The molecule has 0 aliphatic heterocycles. The van der Waals surface area contributed by atoms with Gasteiger partial charge in [-0.15, -0.1) is 0 Å². The molecule has 0 amide bonds. The SMILES string of the molecule is COCCNCc1ncoc1-c1coc2ccccc12. The van der Waals surface area contributed by atoms with Crippen LogP contribution in [-0.2, 0) is 11.3 Å². The average molecular weight is 272 g/mol. The van der Waals surface area contributed by atoms with Crippen molar-refractivity contribution in [3.63, 3.8) is 0 Å². The molecule has 1 aromatic carbocycles. The first-order chi connectivity index (χ1) is 9.90. The van der Waals surface area contributed by atoms with Gasteiger partial charge < -0.3 is 18.9 Å². The van der Waals surface area contributed by atoms with Crippen LogP contribution in [0.2, 0.25) is 0 Å². The third-order valence-corrected chi connectivity index (χ3v) is 3.14. The van der Waals surface area contributed by atoms with Crippen LogP contribution in [-0.4, -0.2) is 25.2 Å². The van der Waals surface area contributed by atoms with E-state index in [0.717, 1.165) is 34.5 Å². The highest BCUT2D eigenvalue weighted by Crippen LogP contribution is 2.32. The molecule has 0 saturated carbocycles. The number of methoxy groups -OCH3 is 1. The van der Waals surface area contributed by atoms with E-state index in [9.17, 15) is 0 Å². The third kappa shape index (κ3) is 2.45. The summed E-state index contributed by atoms with van der Waals surface area (Å²) in [4.78, 5) is 4.26. The quantitative estimate of drug-likeness (QED) is 0.699. The lowest BCUT2D eigenvalue weighted by molar-refractivity contribution is 0.199. The van der Waals surface area contributed by atoms with Crippen molar-refractivity contribution in [1.82, 2.24) is 10.3 Å². The van der Waals surface area contributed by atoms with Gasteiger partial charge in [0.1, 0.15) is 17.5 Å². The second-order valence-electron chi connectivity index (χ2n) is 4.44. The number of hydrogen-bond acceptors (Lipinski definition) is 5. The fourth-order valence-corrected chi connectivity index (χ4v) is 2.15. The molecule has 0 bridgehead atoms. The lowest BCUT2D eigenvalue weighted by Gasteiger charge is -2.02.